The van der Waals surface area contributed by atoms with Crippen molar-refractivity contribution in [2.24, 2.45) is 0 Å². The Morgan fingerprint density at radius 1 is 0.692 bits per heavy atom. The molecular weight excluding hydrogens is 532 g/mol. The van der Waals surface area contributed by atoms with E-state index in [1.807, 2.05) is 13.0 Å². The lowest BCUT2D eigenvalue weighted by molar-refractivity contribution is -0.275. The molecule has 0 heterocycles. The van der Waals surface area contributed by atoms with Crippen LogP contribution in [0.5, 0.6) is 11.5 Å². The lowest BCUT2D eigenvalue weighted by Crippen LogP contribution is -2.25. The first kappa shape index (κ1) is 28.2. The predicted molar refractivity (Wildman–Crippen MR) is 130 cm³/mol. The molecule has 0 aliphatic heterocycles. The Bertz CT molecular complexity index is 1460. The molecule has 10 heteroatoms. The average molecular weight is 554 g/mol. The largest absolute Gasteiger partial charge is 0.573 e. The third-order valence-electron chi connectivity index (χ3n) is 5.99. The van der Waals surface area contributed by atoms with E-state index < -0.39 is 47.8 Å². The van der Waals surface area contributed by atoms with Gasteiger partial charge in [0.25, 0.3) is 0 Å². The summed E-state index contributed by atoms with van der Waals surface area (Å²) in [5.41, 5.74) is 1.73. The number of alkyl halides is 5. The van der Waals surface area contributed by atoms with Crippen LogP contribution in [0.1, 0.15) is 30.9 Å². The summed E-state index contributed by atoms with van der Waals surface area (Å²) in [6.07, 6.45) is -8.35. The fourth-order valence-electron chi connectivity index (χ4n) is 4.15. The standard InChI is InChI=1S/C29H22F8O2/c1-2-3-18-6-9-20-15-23(27(32)26(31)22(20)14-18)19-7-4-17(5-8-19)12-13-28(33,34)38-21-10-11-25(24(30)16-21)39-29(35,36)37/h4-11,14-16H,2-3,12-13H2,1H3. The smallest absolute Gasteiger partial charge is 0.432 e. The summed E-state index contributed by atoms with van der Waals surface area (Å²) in [6.45, 7) is 1.99. The Labute approximate surface area is 218 Å². The number of rotatable bonds is 9. The van der Waals surface area contributed by atoms with Crippen LogP contribution in [0.2, 0.25) is 0 Å². The molecule has 0 radical (unpaired) electrons. The molecule has 0 aliphatic carbocycles. The fourth-order valence-corrected chi connectivity index (χ4v) is 4.15. The van der Waals surface area contributed by atoms with Crippen LogP contribution in [0.3, 0.4) is 0 Å². The van der Waals surface area contributed by atoms with Gasteiger partial charge in [-0.1, -0.05) is 49.7 Å². The Morgan fingerprint density at radius 2 is 1.38 bits per heavy atom. The van der Waals surface area contributed by atoms with Crippen LogP contribution >= 0.6 is 0 Å². The minimum absolute atomic E-state index is 0.0310. The SMILES string of the molecule is CCCc1ccc2cc(-c3ccc(CCC(F)(F)Oc4ccc(OC(F)(F)F)c(F)c4)cc3)c(F)c(F)c2c1. The molecule has 4 aromatic carbocycles. The van der Waals surface area contributed by atoms with Crippen molar-refractivity contribution in [2.45, 2.75) is 45.1 Å². The summed E-state index contributed by atoms with van der Waals surface area (Å²) >= 11 is 0. The Balaban J connectivity index is 1.44. The van der Waals surface area contributed by atoms with Gasteiger partial charge in [0, 0.05) is 17.0 Å². The summed E-state index contributed by atoms with van der Waals surface area (Å²) in [7, 11) is 0. The third kappa shape index (κ3) is 6.99. The molecule has 0 fully saturated rings. The maximum absolute atomic E-state index is 14.9. The van der Waals surface area contributed by atoms with Crippen LogP contribution in [0.4, 0.5) is 35.1 Å². The summed E-state index contributed by atoms with van der Waals surface area (Å²) < 4.78 is 117. The molecule has 0 atom stereocenters. The monoisotopic (exact) mass is 554 g/mol. The highest BCUT2D eigenvalue weighted by atomic mass is 19.4. The zero-order valence-electron chi connectivity index (χ0n) is 20.5. The van der Waals surface area contributed by atoms with Gasteiger partial charge in [0.05, 0.1) is 6.42 Å². The number of aryl methyl sites for hydroxylation is 2. The highest BCUT2D eigenvalue weighted by Gasteiger charge is 2.34. The Kier molecular flexibility index (Phi) is 8.04. The molecule has 0 amide bonds. The van der Waals surface area contributed by atoms with Gasteiger partial charge < -0.3 is 9.47 Å². The first-order chi connectivity index (χ1) is 18.3. The van der Waals surface area contributed by atoms with Gasteiger partial charge in [-0.05, 0) is 59.2 Å². The van der Waals surface area contributed by atoms with Crippen LogP contribution < -0.4 is 9.47 Å². The minimum Gasteiger partial charge on any atom is -0.432 e. The summed E-state index contributed by atoms with van der Waals surface area (Å²) in [4.78, 5) is 0. The summed E-state index contributed by atoms with van der Waals surface area (Å²) in [5.74, 6) is -5.35. The molecular formula is C29H22F8O2. The lowest BCUT2D eigenvalue weighted by Gasteiger charge is -2.19. The van der Waals surface area contributed by atoms with E-state index in [1.165, 1.54) is 30.3 Å². The second-order valence-electron chi connectivity index (χ2n) is 8.93. The van der Waals surface area contributed by atoms with E-state index in [4.69, 9.17) is 0 Å². The molecule has 0 aliphatic rings. The first-order valence-electron chi connectivity index (χ1n) is 12.0. The molecule has 0 spiro atoms. The fraction of sp³-hybridized carbons (Fsp3) is 0.241. The molecule has 39 heavy (non-hydrogen) atoms. The summed E-state index contributed by atoms with van der Waals surface area (Å²) in [6, 6.07) is 14.3. The van der Waals surface area contributed by atoms with Gasteiger partial charge >= 0.3 is 12.5 Å². The van der Waals surface area contributed by atoms with Gasteiger partial charge in [-0.15, -0.1) is 13.2 Å². The third-order valence-corrected chi connectivity index (χ3v) is 5.99. The van der Waals surface area contributed by atoms with Gasteiger partial charge in [-0.2, -0.15) is 8.78 Å². The van der Waals surface area contributed by atoms with Crippen molar-refractivity contribution in [1.29, 1.82) is 0 Å². The molecule has 0 bridgehead atoms. The zero-order valence-corrected chi connectivity index (χ0v) is 20.5. The van der Waals surface area contributed by atoms with E-state index in [0.29, 0.717) is 28.6 Å². The predicted octanol–water partition coefficient (Wildman–Crippen LogP) is 9.38. The van der Waals surface area contributed by atoms with Crippen molar-refractivity contribution < 1.29 is 44.6 Å². The number of fused-ring (bicyclic) bond motifs is 1. The van der Waals surface area contributed by atoms with Gasteiger partial charge in [0.15, 0.2) is 23.2 Å². The van der Waals surface area contributed by atoms with Crippen molar-refractivity contribution in [3.63, 3.8) is 0 Å². The maximum atomic E-state index is 14.9. The van der Waals surface area contributed by atoms with Crippen LogP contribution in [-0.4, -0.2) is 12.5 Å². The molecule has 206 valence electrons. The van der Waals surface area contributed by atoms with E-state index in [0.717, 1.165) is 24.5 Å². The average Bonchev–Trinajstić information content (AvgIpc) is 2.87. The number of hydrogen-bond donors (Lipinski definition) is 0. The van der Waals surface area contributed by atoms with Gasteiger partial charge in [-0.25, -0.2) is 13.2 Å². The van der Waals surface area contributed by atoms with Crippen LogP contribution in [0.15, 0.2) is 66.7 Å². The molecule has 0 aromatic heterocycles. The van der Waals surface area contributed by atoms with Crippen molar-refractivity contribution in [1.82, 2.24) is 0 Å². The van der Waals surface area contributed by atoms with Gasteiger partial charge in [0.2, 0.25) is 0 Å². The first-order valence-corrected chi connectivity index (χ1v) is 12.0. The van der Waals surface area contributed by atoms with E-state index in [9.17, 15) is 35.1 Å². The van der Waals surface area contributed by atoms with Gasteiger partial charge in [0.1, 0.15) is 5.75 Å². The second kappa shape index (κ2) is 11.1. The lowest BCUT2D eigenvalue weighted by atomic mass is 9.96. The van der Waals surface area contributed by atoms with E-state index in [1.54, 1.807) is 12.1 Å². The Hall–Kier alpha value is -3.82. The number of hydrogen-bond acceptors (Lipinski definition) is 2. The van der Waals surface area contributed by atoms with Crippen LogP contribution in [-0.2, 0) is 12.8 Å². The van der Waals surface area contributed by atoms with Crippen molar-refractivity contribution in [3.05, 3.63) is 95.3 Å². The topological polar surface area (TPSA) is 18.5 Å². The molecule has 0 saturated carbocycles. The van der Waals surface area contributed by atoms with E-state index in [-0.39, 0.29) is 17.4 Å². The zero-order chi connectivity index (χ0) is 28.4. The van der Waals surface area contributed by atoms with Crippen LogP contribution in [0, 0.1) is 17.5 Å². The Morgan fingerprint density at radius 3 is 2.03 bits per heavy atom. The molecule has 0 saturated heterocycles. The number of benzene rings is 4. The second-order valence-corrected chi connectivity index (χ2v) is 8.93. The molecule has 0 N–H and O–H groups in total. The minimum atomic E-state index is -5.14. The van der Waals surface area contributed by atoms with E-state index in [2.05, 4.69) is 9.47 Å². The van der Waals surface area contributed by atoms with Crippen LogP contribution in [0.25, 0.3) is 21.9 Å². The van der Waals surface area contributed by atoms with Gasteiger partial charge in [-0.3, -0.25) is 0 Å². The van der Waals surface area contributed by atoms with E-state index >= 15 is 0 Å². The normalized spacial score (nSPS) is 12.1. The highest BCUT2D eigenvalue weighted by Crippen LogP contribution is 2.34. The molecule has 0 unspecified atom stereocenters. The molecule has 2 nitrogen and oxygen atoms in total. The molecule has 4 aromatic rings. The maximum Gasteiger partial charge on any atom is 0.573 e. The quantitative estimate of drug-likeness (QED) is 0.192. The molecule has 4 rings (SSSR count). The summed E-state index contributed by atoms with van der Waals surface area (Å²) in [5, 5.41) is 0.711. The highest BCUT2D eigenvalue weighted by molar-refractivity contribution is 5.89. The van der Waals surface area contributed by atoms with Crippen molar-refractivity contribution in [3.8, 4) is 22.6 Å². The number of halogens is 8. The number of ether oxygens (including phenoxy) is 2. The van der Waals surface area contributed by atoms with Crippen molar-refractivity contribution in [2.75, 3.05) is 0 Å². The van der Waals surface area contributed by atoms with Crippen molar-refractivity contribution >= 4 is 10.8 Å².